The molecule has 2 N–H and O–H groups in total. The number of nitrogens with zero attached hydrogens (tertiary/aromatic N) is 3. The molecule has 2 amide bonds. The number of carbonyl (C=O) groups is 2. The van der Waals surface area contributed by atoms with Gasteiger partial charge in [-0.1, -0.05) is 12.1 Å². The summed E-state index contributed by atoms with van der Waals surface area (Å²) in [7, 11) is 1.58. The second-order valence-corrected chi connectivity index (χ2v) is 7.78. The van der Waals surface area contributed by atoms with Crippen molar-refractivity contribution in [1.29, 1.82) is 0 Å². The van der Waals surface area contributed by atoms with Gasteiger partial charge in [-0.2, -0.15) is 0 Å². The lowest BCUT2D eigenvalue weighted by atomic mass is 10.2. The predicted octanol–water partition coefficient (Wildman–Crippen LogP) is 4.67. The fourth-order valence-electron chi connectivity index (χ4n) is 3.30. The first-order valence-electron chi connectivity index (χ1n) is 11.0. The summed E-state index contributed by atoms with van der Waals surface area (Å²) >= 11 is 0. The Morgan fingerprint density at radius 2 is 1.89 bits per heavy atom. The minimum absolute atomic E-state index is 0.152. The summed E-state index contributed by atoms with van der Waals surface area (Å²) in [6.07, 6.45) is 6.92. The largest absolute Gasteiger partial charge is 0.493 e. The zero-order valence-electron chi connectivity index (χ0n) is 19.4. The Balaban J connectivity index is 1.34. The van der Waals surface area contributed by atoms with Crippen LogP contribution in [0, 0.1) is 6.92 Å². The fraction of sp³-hybridized carbons (Fsp3) is 0.154. The highest BCUT2D eigenvalue weighted by atomic mass is 16.5. The summed E-state index contributed by atoms with van der Waals surface area (Å²) in [5.41, 5.74) is 2.51. The van der Waals surface area contributed by atoms with E-state index in [1.165, 1.54) is 6.20 Å². The standard InChI is InChI=1S/C26H25N5O4/c1-18-6-8-22(23(14-18)34-2)35-25-9-7-21(16-28-25)30-26(33)19-4-3-5-20(15-19)29-24(32)10-12-31-13-11-27-17-31/h3-9,11,13-17H,10,12H2,1-2H3,(H,29,32)(H,30,33). The van der Waals surface area contributed by atoms with Crippen molar-refractivity contribution in [2.75, 3.05) is 17.7 Å². The summed E-state index contributed by atoms with van der Waals surface area (Å²) < 4.78 is 13.0. The Morgan fingerprint density at radius 1 is 1.00 bits per heavy atom. The van der Waals surface area contributed by atoms with E-state index in [2.05, 4.69) is 20.6 Å². The summed E-state index contributed by atoms with van der Waals surface area (Å²) in [6.45, 7) is 2.49. The number of aryl methyl sites for hydroxylation is 2. The summed E-state index contributed by atoms with van der Waals surface area (Å²) in [5, 5.41) is 5.61. The monoisotopic (exact) mass is 471 g/mol. The van der Waals surface area contributed by atoms with Gasteiger partial charge < -0.3 is 24.7 Å². The molecule has 2 aromatic heterocycles. The van der Waals surface area contributed by atoms with Crippen LogP contribution in [0.4, 0.5) is 11.4 Å². The first-order chi connectivity index (χ1) is 17.0. The van der Waals surface area contributed by atoms with Crippen LogP contribution in [0.1, 0.15) is 22.3 Å². The molecule has 2 heterocycles. The molecular formula is C26H25N5O4. The number of rotatable bonds is 9. The Bertz CT molecular complexity index is 1300. The van der Waals surface area contributed by atoms with Gasteiger partial charge in [0.05, 0.1) is 25.3 Å². The molecule has 4 rings (SSSR count). The second kappa shape index (κ2) is 11.0. The number of anilines is 2. The Hall–Kier alpha value is -4.66. The SMILES string of the molecule is COc1cc(C)ccc1Oc1ccc(NC(=O)c2cccc(NC(=O)CCn3ccnc3)c2)cn1. The van der Waals surface area contributed by atoms with Crippen LogP contribution in [-0.4, -0.2) is 33.5 Å². The molecule has 9 heteroatoms. The van der Waals surface area contributed by atoms with Crippen LogP contribution in [0.25, 0.3) is 0 Å². The maximum Gasteiger partial charge on any atom is 0.255 e. The van der Waals surface area contributed by atoms with Crippen LogP contribution >= 0.6 is 0 Å². The number of ether oxygens (including phenoxy) is 2. The smallest absolute Gasteiger partial charge is 0.255 e. The van der Waals surface area contributed by atoms with Crippen LogP contribution in [0.2, 0.25) is 0 Å². The third-order valence-corrected chi connectivity index (χ3v) is 5.09. The summed E-state index contributed by atoms with van der Waals surface area (Å²) in [5.74, 6) is 1.05. The van der Waals surface area contributed by atoms with Crippen molar-refractivity contribution < 1.29 is 19.1 Å². The molecule has 0 radical (unpaired) electrons. The lowest BCUT2D eigenvalue weighted by Crippen LogP contribution is -2.15. The maximum atomic E-state index is 12.7. The Labute approximate surface area is 202 Å². The van der Waals surface area contributed by atoms with Gasteiger partial charge in [-0.25, -0.2) is 9.97 Å². The molecule has 0 spiro atoms. The number of methoxy groups -OCH3 is 1. The van der Waals surface area contributed by atoms with Crippen LogP contribution in [-0.2, 0) is 11.3 Å². The van der Waals surface area contributed by atoms with Crippen LogP contribution in [0.15, 0.2) is 79.5 Å². The number of pyridine rings is 1. The Morgan fingerprint density at radius 3 is 2.63 bits per heavy atom. The number of hydrogen-bond donors (Lipinski definition) is 2. The number of imidazole rings is 1. The zero-order valence-corrected chi connectivity index (χ0v) is 19.4. The highest BCUT2D eigenvalue weighted by Gasteiger charge is 2.11. The van der Waals surface area contributed by atoms with Gasteiger partial charge in [-0.3, -0.25) is 9.59 Å². The number of amides is 2. The van der Waals surface area contributed by atoms with Crippen molar-refractivity contribution in [3.8, 4) is 17.4 Å². The van der Waals surface area contributed by atoms with Gasteiger partial charge in [0, 0.05) is 42.7 Å². The van der Waals surface area contributed by atoms with E-state index in [4.69, 9.17) is 9.47 Å². The topological polar surface area (TPSA) is 107 Å². The quantitative estimate of drug-likeness (QED) is 0.367. The van der Waals surface area contributed by atoms with Crippen LogP contribution in [0.5, 0.6) is 17.4 Å². The molecule has 0 fully saturated rings. The third-order valence-electron chi connectivity index (χ3n) is 5.09. The number of carbonyl (C=O) groups excluding carboxylic acids is 2. The molecule has 0 unspecified atom stereocenters. The van der Waals surface area contributed by atoms with Crippen molar-refractivity contribution >= 4 is 23.2 Å². The molecule has 0 saturated carbocycles. The molecule has 9 nitrogen and oxygen atoms in total. The first kappa shape index (κ1) is 23.5. The molecule has 0 aliphatic carbocycles. The normalized spacial score (nSPS) is 10.5. The van der Waals surface area contributed by atoms with Crippen molar-refractivity contribution in [2.24, 2.45) is 0 Å². The molecule has 0 atom stereocenters. The lowest BCUT2D eigenvalue weighted by Gasteiger charge is -2.11. The van der Waals surface area contributed by atoms with E-state index in [9.17, 15) is 9.59 Å². The molecule has 2 aromatic carbocycles. The molecule has 0 aliphatic heterocycles. The minimum atomic E-state index is -0.324. The maximum absolute atomic E-state index is 12.7. The fourth-order valence-corrected chi connectivity index (χ4v) is 3.30. The highest BCUT2D eigenvalue weighted by Crippen LogP contribution is 2.31. The van der Waals surface area contributed by atoms with Gasteiger partial charge in [-0.05, 0) is 48.9 Å². The number of hydrogen-bond acceptors (Lipinski definition) is 6. The summed E-state index contributed by atoms with van der Waals surface area (Å²) in [6, 6.07) is 15.7. The van der Waals surface area contributed by atoms with E-state index in [0.717, 1.165) is 5.56 Å². The molecule has 178 valence electrons. The number of nitrogens with one attached hydrogen (secondary N) is 2. The Kier molecular flexibility index (Phi) is 7.37. The van der Waals surface area contributed by atoms with E-state index < -0.39 is 0 Å². The molecule has 0 saturated heterocycles. The van der Waals surface area contributed by atoms with E-state index in [1.54, 1.807) is 62.2 Å². The first-order valence-corrected chi connectivity index (χ1v) is 11.0. The van der Waals surface area contributed by atoms with E-state index in [0.29, 0.717) is 47.3 Å². The van der Waals surface area contributed by atoms with Crippen LogP contribution < -0.4 is 20.1 Å². The van der Waals surface area contributed by atoms with E-state index in [1.807, 2.05) is 29.7 Å². The summed E-state index contributed by atoms with van der Waals surface area (Å²) in [4.78, 5) is 33.2. The van der Waals surface area contributed by atoms with Crippen molar-refractivity contribution in [1.82, 2.24) is 14.5 Å². The average molecular weight is 472 g/mol. The van der Waals surface area contributed by atoms with E-state index >= 15 is 0 Å². The predicted molar refractivity (Wildman–Crippen MR) is 132 cm³/mol. The molecular weight excluding hydrogens is 446 g/mol. The number of benzene rings is 2. The van der Waals surface area contributed by atoms with Crippen LogP contribution in [0.3, 0.4) is 0 Å². The van der Waals surface area contributed by atoms with Crippen molar-refractivity contribution in [2.45, 2.75) is 19.9 Å². The van der Waals surface area contributed by atoms with Gasteiger partial charge in [0.15, 0.2) is 11.5 Å². The lowest BCUT2D eigenvalue weighted by molar-refractivity contribution is -0.116. The zero-order chi connectivity index (χ0) is 24.6. The minimum Gasteiger partial charge on any atom is -0.493 e. The third kappa shape index (κ3) is 6.44. The van der Waals surface area contributed by atoms with Gasteiger partial charge in [-0.15, -0.1) is 0 Å². The van der Waals surface area contributed by atoms with E-state index in [-0.39, 0.29) is 11.8 Å². The van der Waals surface area contributed by atoms with Gasteiger partial charge in [0.1, 0.15) is 0 Å². The van der Waals surface area contributed by atoms with Crippen molar-refractivity contribution in [3.63, 3.8) is 0 Å². The molecule has 0 aliphatic rings. The van der Waals surface area contributed by atoms with Gasteiger partial charge in [0.25, 0.3) is 5.91 Å². The highest BCUT2D eigenvalue weighted by molar-refractivity contribution is 6.05. The van der Waals surface area contributed by atoms with Gasteiger partial charge in [0.2, 0.25) is 11.8 Å². The second-order valence-electron chi connectivity index (χ2n) is 7.78. The van der Waals surface area contributed by atoms with Gasteiger partial charge >= 0.3 is 0 Å². The average Bonchev–Trinajstić information content (AvgIpc) is 3.39. The molecule has 4 aromatic rings. The molecule has 35 heavy (non-hydrogen) atoms. The van der Waals surface area contributed by atoms with Crippen molar-refractivity contribution in [3.05, 3.63) is 90.6 Å². The molecule has 0 bridgehead atoms. The number of aromatic nitrogens is 3.